The summed E-state index contributed by atoms with van der Waals surface area (Å²) in [6, 6.07) is 29.7. The summed E-state index contributed by atoms with van der Waals surface area (Å²) in [5.74, 6) is -0.289. The van der Waals surface area contributed by atoms with Crippen LogP contribution in [-0.4, -0.2) is 14.3 Å². The Labute approximate surface area is 208 Å². The van der Waals surface area contributed by atoms with Crippen molar-refractivity contribution < 1.29 is 13.2 Å². The van der Waals surface area contributed by atoms with Crippen LogP contribution in [0.4, 0.5) is 17.1 Å². The van der Waals surface area contributed by atoms with Gasteiger partial charge in [0.25, 0.3) is 15.9 Å². The molecule has 0 saturated carbocycles. The number of rotatable bonds is 6. The van der Waals surface area contributed by atoms with E-state index in [1.165, 1.54) is 12.1 Å². The summed E-state index contributed by atoms with van der Waals surface area (Å²) in [7, 11) is -3.79. The molecule has 5 rings (SSSR count). The summed E-state index contributed by atoms with van der Waals surface area (Å²) >= 11 is 6.04. The Kier molecular flexibility index (Phi) is 6.03. The van der Waals surface area contributed by atoms with Crippen molar-refractivity contribution in [2.24, 2.45) is 0 Å². The SMILES string of the molecule is O=C1Nc2ccc(NS(=O)(=O)c3ccccc3)cc2C1=C(Nc1ccc(Cl)cc1)c1ccccc1. The normalized spacial score (nSPS) is 14.1. The van der Waals surface area contributed by atoms with E-state index in [0.29, 0.717) is 33.2 Å². The Bertz CT molecular complexity index is 1540. The van der Waals surface area contributed by atoms with E-state index in [2.05, 4.69) is 15.4 Å². The quantitative estimate of drug-likeness (QED) is 0.280. The molecule has 0 radical (unpaired) electrons. The first-order valence-corrected chi connectivity index (χ1v) is 12.6. The highest BCUT2D eigenvalue weighted by Crippen LogP contribution is 2.39. The third-order valence-electron chi connectivity index (χ3n) is 5.50. The number of halogens is 1. The van der Waals surface area contributed by atoms with Gasteiger partial charge in [0, 0.05) is 27.6 Å². The molecule has 0 aromatic heterocycles. The van der Waals surface area contributed by atoms with Gasteiger partial charge in [0.05, 0.1) is 16.2 Å². The first-order valence-electron chi connectivity index (χ1n) is 10.8. The molecule has 35 heavy (non-hydrogen) atoms. The minimum Gasteiger partial charge on any atom is -0.354 e. The topological polar surface area (TPSA) is 87.3 Å². The van der Waals surface area contributed by atoms with Gasteiger partial charge in [-0.1, -0.05) is 60.1 Å². The molecule has 3 N–H and O–H groups in total. The molecule has 6 nitrogen and oxygen atoms in total. The maximum Gasteiger partial charge on any atom is 0.261 e. The summed E-state index contributed by atoms with van der Waals surface area (Å²) in [6.45, 7) is 0. The minimum absolute atomic E-state index is 0.153. The van der Waals surface area contributed by atoms with Gasteiger partial charge in [-0.05, 0) is 60.2 Å². The Morgan fingerprint density at radius 1 is 0.771 bits per heavy atom. The van der Waals surface area contributed by atoms with Crippen molar-refractivity contribution in [1.82, 2.24) is 0 Å². The third kappa shape index (κ3) is 4.77. The number of nitrogens with one attached hydrogen (secondary N) is 3. The predicted octanol–water partition coefficient (Wildman–Crippen LogP) is 6.07. The molecule has 1 aliphatic heterocycles. The zero-order valence-electron chi connectivity index (χ0n) is 18.3. The van der Waals surface area contributed by atoms with Crippen molar-refractivity contribution in [2.75, 3.05) is 15.4 Å². The van der Waals surface area contributed by atoms with Crippen LogP contribution in [0, 0.1) is 0 Å². The summed E-state index contributed by atoms with van der Waals surface area (Å²) in [4.78, 5) is 13.3. The summed E-state index contributed by atoms with van der Waals surface area (Å²) in [5.41, 5.74) is 4.08. The maximum absolute atomic E-state index is 13.1. The monoisotopic (exact) mass is 501 g/mol. The van der Waals surface area contributed by atoms with Gasteiger partial charge in [0.1, 0.15) is 0 Å². The fourth-order valence-corrected chi connectivity index (χ4v) is 5.05. The van der Waals surface area contributed by atoms with E-state index in [-0.39, 0.29) is 10.8 Å². The molecule has 0 atom stereocenters. The summed E-state index contributed by atoms with van der Waals surface area (Å²) in [5, 5.41) is 6.83. The molecule has 0 aliphatic carbocycles. The van der Waals surface area contributed by atoms with Gasteiger partial charge in [-0.15, -0.1) is 0 Å². The molecule has 4 aromatic carbocycles. The molecule has 8 heteroatoms. The Morgan fingerprint density at radius 3 is 2.09 bits per heavy atom. The van der Waals surface area contributed by atoms with Crippen LogP contribution in [0.3, 0.4) is 0 Å². The van der Waals surface area contributed by atoms with Crippen molar-refractivity contribution in [2.45, 2.75) is 4.90 Å². The summed E-state index contributed by atoms with van der Waals surface area (Å²) in [6.07, 6.45) is 0. The first-order chi connectivity index (χ1) is 16.9. The van der Waals surface area contributed by atoms with Crippen LogP contribution in [-0.2, 0) is 14.8 Å². The molecule has 0 saturated heterocycles. The predicted molar refractivity (Wildman–Crippen MR) is 141 cm³/mol. The number of anilines is 3. The lowest BCUT2D eigenvalue weighted by Crippen LogP contribution is -2.13. The van der Waals surface area contributed by atoms with E-state index in [1.54, 1.807) is 48.5 Å². The lowest BCUT2D eigenvalue weighted by atomic mass is 9.99. The number of sulfonamides is 1. The standard InChI is InChI=1S/C27H20ClN3O3S/c28-19-11-13-20(14-12-19)29-26(18-7-3-1-4-8-18)25-23-17-21(15-16-24(23)30-27(25)32)31-35(33,34)22-9-5-2-6-10-22/h1-17,29,31H,(H,30,32). The van der Waals surface area contributed by atoms with Crippen molar-refractivity contribution in [3.05, 3.63) is 119 Å². The smallest absolute Gasteiger partial charge is 0.261 e. The zero-order valence-corrected chi connectivity index (χ0v) is 19.9. The van der Waals surface area contributed by atoms with Gasteiger partial charge in [-0.25, -0.2) is 8.42 Å². The highest BCUT2D eigenvalue weighted by molar-refractivity contribution is 7.92. The van der Waals surface area contributed by atoms with Gasteiger partial charge in [-0.2, -0.15) is 0 Å². The maximum atomic E-state index is 13.1. The van der Waals surface area contributed by atoms with E-state index in [1.807, 2.05) is 42.5 Å². The number of carbonyl (C=O) groups excluding carboxylic acids is 1. The first kappa shape index (κ1) is 22.7. The molecule has 1 amide bonds. The number of benzene rings is 4. The van der Waals surface area contributed by atoms with Crippen LogP contribution in [0.5, 0.6) is 0 Å². The average molecular weight is 502 g/mol. The van der Waals surface area contributed by atoms with Crippen molar-refractivity contribution >= 4 is 55.9 Å². The van der Waals surface area contributed by atoms with Crippen LogP contribution in [0.2, 0.25) is 5.02 Å². The van der Waals surface area contributed by atoms with Crippen LogP contribution in [0.25, 0.3) is 11.3 Å². The van der Waals surface area contributed by atoms with Gasteiger partial charge in [0.15, 0.2) is 0 Å². The lowest BCUT2D eigenvalue weighted by molar-refractivity contribution is -0.110. The highest BCUT2D eigenvalue weighted by Gasteiger charge is 2.29. The van der Waals surface area contributed by atoms with Gasteiger partial charge < -0.3 is 10.6 Å². The van der Waals surface area contributed by atoms with E-state index in [9.17, 15) is 13.2 Å². The summed E-state index contributed by atoms with van der Waals surface area (Å²) < 4.78 is 28.3. The van der Waals surface area contributed by atoms with Crippen molar-refractivity contribution in [3.8, 4) is 0 Å². The Balaban J connectivity index is 1.60. The van der Waals surface area contributed by atoms with E-state index < -0.39 is 10.0 Å². The lowest BCUT2D eigenvalue weighted by Gasteiger charge is -2.15. The molecule has 0 bridgehead atoms. The van der Waals surface area contributed by atoms with Crippen molar-refractivity contribution in [1.29, 1.82) is 0 Å². The number of hydrogen-bond acceptors (Lipinski definition) is 4. The van der Waals surface area contributed by atoms with Crippen LogP contribution in [0.15, 0.2) is 108 Å². The molecule has 0 spiro atoms. The van der Waals surface area contributed by atoms with E-state index in [4.69, 9.17) is 11.6 Å². The van der Waals surface area contributed by atoms with Crippen molar-refractivity contribution in [3.63, 3.8) is 0 Å². The zero-order chi connectivity index (χ0) is 24.4. The fraction of sp³-hybridized carbons (Fsp3) is 0. The Hall–Kier alpha value is -4.07. The number of fused-ring (bicyclic) bond motifs is 1. The molecular weight excluding hydrogens is 482 g/mol. The fourth-order valence-electron chi connectivity index (χ4n) is 3.85. The van der Waals surface area contributed by atoms with Gasteiger partial charge in [-0.3, -0.25) is 9.52 Å². The number of amides is 1. The van der Waals surface area contributed by atoms with Crippen LogP contribution < -0.4 is 15.4 Å². The van der Waals surface area contributed by atoms with E-state index >= 15 is 0 Å². The number of hydrogen-bond donors (Lipinski definition) is 3. The molecule has 4 aromatic rings. The van der Waals surface area contributed by atoms with E-state index in [0.717, 1.165) is 11.3 Å². The molecule has 174 valence electrons. The molecule has 0 fully saturated rings. The number of carbonyl (C=O) groups is 1. The second-order valence-electron chi connectivity index (χ2n) is 7.88. The average Bonchev–Trinajstić information content (AvgIpc) is 3.19. The van der Waals surface area contributed by atoms with Gasteiger partial charge in [0.2, 0.25) is 0 Å². The Morgan fingerprint density at radius 2 is 1.40 bits per heavy atom. The molecule has 0 unspecified atom stereocenters. The third-order valence-corrected chi connectivity index (χ3v) is 7.15. The second kappa shape index (κ2) is 9.29. The second-order valence-corrected chi connectivity index (χ2v) is 10.00. The highest BCUT2D eigenvalue weighted by atomic mass is 35.5. The minimum atomic E-state index is -3.79. The van der Waals surface area contributed by atoms with Crippen LogP contribution in [0.1, 0.15) is 11.1 Å². The molecular formula is C27H20ClN3O3S. The molecule has 1 heterocycles. The molecule has 1 aliphatic rings. The van der Waals surface area contributed by atoms with Crippen LogP contribution >= 0.6 is 11.6 Å². The largest absolute Gasteiger partial charge is 0.354 e. The van der Waals surface area contributed by atoms with Gasteiger partial charge >= 0.3 is 0 Å².